The van der Waals surface area contributed by atoms with Gasteiger partial charge in [0.05, 0.1) is 0 Å². The van der Waals surface area contributed by atoms with Crippen LogP contribution in [-0.2, 0) is 23.9 Å². The van der Waals surface area contributed by atoms with Crippen LogP contribution in [0.25, 0.3) is 0 Å². The number of carboxylic acid groups (broad SMARTS) is 1. The zero-order valence-corrected chi connectivity index (χ0v) is 12.5. The summed E-state index contributed by atoms with van der Waals surface area (Å²) in [6, 6.07) is 0. The van der Waals surface area contributed by atoms with E-state index in [0.29, 0.717) is 6.42 Å². The van der Waals surface area contributed by atoms with Gasteiger partial charge in [-0.25, -0.2) is 4.79 Å². The third kappa shape index (κ3) is 3.40. The third-order valence-electron chi connectivity index (χ3n) is 3.68. The van der Waals surface area contributed by atoms with E-state index in [4.69, 9.17) is 4.74 Å². The number of hydrogen-bond donors (Lipinski definition) is 1. The first-order valence-electron chi connectivity index (χ1n) is 6.99. The normalized spacial score (nSPS) is 23.0. The van der Waals surface area contributed by atoms with Crippen molar-refractivity contribution in [3.05, 3.63) is 0 Å². The van der Waals surface area contributed by atoms with Gasteiger partial charge in [0, 0.05) is 20.3 Å². The highest BCUT2D eigenvalue weighted by atomic mass is 16.6. The summed E-state index contributed by atoms with van der Waals surface area (Å²) in [6.45, 7) is 4.20. The summed E-state index contributed by atoms with van der Waals surface area (Å²) in [5.74, 6) is -2.94. The van der Waals surface area contributed by atoms with Gasteiger partial charge in [-0.15, -0.1) is 0 Å². The number of esters is 1. The van der Waals surface area contributed by atoms with Gasteiger partial charge >= 0.3 is 11.9 Å². The smallest absolute Gasteiger partial charge is 0.329 e. The zero-order chi connectivity index (χ0) is 16.2. The molecule has 1 N–H and O–H groups in total. The molecule has 1 fully saturated rings. The summed E-state index contributed by atoms with van der Waals surface area (Å²) >= 11 is 0. The molecule has 2 atom stereocenters. The monoisotopic (exact) mass is 299 g/mol. The predicted molar refractivity (Wildman–Crippen MR) is 72.2 cm³/mol. The molecule has 1 rings (SSSR count). The molecule has 7 heteroatoms. The van der Waals surface area contributed by atoms with E-state index in [9.17, 15) is 24.3 Å². The van der Waals surface area contributed by atoms with Crippen molar-refractivity contribution in [1.29, 1.82) is 0 Å². The van der Waals surface area contributed by atoms with Gasteiger partial charge in [0.25, 0.3) is 0 Å². The van der Waals surface area contributed by atoms with E-state index in [2.05, 4.69) is 0 Å². The Morgan fingerprint density at radius 3 is 2.43 bits per heavy atom. The van der Waals surface area contributed by atoms with Gasteiger partial charge < -0.3 is 9.84 Å². The van der Waals surface area contributed by atoms with E-state index in [1.54, 1.807) is 0 Å². The Balaban J connectivity index is 3.22. The number of likely N-dealkylation sites (tertiary alicyclic amines) is 1. The minimum absolute atomic E-state index is 0.0288. The summed E-state index contributed by atoms with van der Waals surface area (Å²) in [5.41, 5.74) is -1.47. The minimum Gasteiger partial charge on any atom is -0.479 e. The van der Waals surface area contributed by atoms with Crippen LogP contribution < -0.4 is 0 Å². The topological polar surface area (TPSA) is 101 Å². The lowest BCUT2D eigenvalue weighted by molar-refractivity contribution is -0.181. The van der Waals surface area contributed by atoms with Crippen LogP contribution in [0.4, 0.5) is 0 Å². The number of nitrogens with zero attached hydrogens (tertiary/aromatic N) is 1. The van der Waals surface area contributed by atoms with Crippen LogP contribution >= 0.6 is 0 Å². The SMILES string of the molecule is CCCC[C@@]1(C(=O)O)CCC(=O)N1C(OC(C)=O)C(C)=O. The number of carbonyl (C=O) groups is 4. The van der Waals surface area contributed by atoms with E-state index < -0.39 is 35.4 Å². The maximum absolute atomic E-state index is 12.1. The number of unbranched alkanes of at least 4 members (excludes halogenated alkanes) is 1. The zero-order valence-electron chi connectivity index (χ0n) is 12.5. The molecule has 0 radical (unpaired) electrons. The highest BCUT2D eigenvalue weighted by molar-refractivity contribution is 5.95. The van der Waals surface area contributed by atoms with Crippen molar-refractivity contribution >= 4 is 23.6 Å². The second-order valence-corrected chi connectivity index (χ2v) is 5.28. The number of ketones is 1. The van der Waals surface area contributed by atoms with Crippen LogP contribution in [0.2, 0.25) is 0 Å². The molecule has 118 valence electrons. The molecule has 0 saturated carbocycles. The first-order valence-corrected chi connectivity index (χ1v) is 6.99. The molecular weight excluding hydrogens is 278 g/mol. The second-order valence-electron chi connectivity index (χ2n) is 5.28. The standard InChI is InChI=1S/C14H21NO6/c1-4-5-7-14(13(19)20)8-6-11(18)15(14)12(9(2)16)21-10(3)17/h12H,4-8H2,1-3H3,(H,19,20)/t12?,14-/m0/s1. The molecule has 1 amide bonds. The van der Waals surface area contributed by atoms with E-state index >= 15 is 0 Å². The summed E-state index contributed by atoms with van der Waals surface area (Å²) in [4.78, 5) is 47.7. The first-order chi connectivity index (χ1) is 9.76. The Morgan fingerprint density at radius 1 is 1.38 bits per heavy atom. The third-order valence-corrected chi connectivity index (χ3v) is 3.68. The van der Waals surface area contributed by atoms with Crippen LogP contribution in [0.3, 0.4) is 0 Å². The van der Waals surface area contributed by atoms with Gasteiger partial charge in [-0.05, 0) is 12.8 Å². The number of amides is 1. The highest BCUT2D eigenvalue weighted by Crippen LogP contribution is 2.37. The highest BCUT2D eigenvalue weighted by Gasteiger charge is 2.55. The second kappa shape index (κ2) is 6.69. The molecule has 0 aromatic rings. The van der Waals surface area contributed by atoms with Crippen molar-refractivity contribution in [3.63, 3.8) is 0 Å². The van der Waals surface area contributed by atoms with Gasteiger partial charge in [0.1, 0.15) is 5.54 Å². The number of hydrogen-bond acceptors (Lipinski definition) is 5. The fourth-order valence-electron chi connectivity index (χ4n) is 2.65. The molecule has 0 spiro atoms. The average Bonchev–Trinajstić information content (AvgIpc) is 2.71. The Hall–Kier alpha value is -1.92. The molecule has 1 unspecified atom stereocenters. The summed E-state index contributed by atoms with van der Waals surface area (Å²) in [5, 5.41) is 9.60. The average molecular weight is 299 g/mol. The number of carboxylic acids is 1. The molecular formula is C14H21NO6. The largest absolute Gasteiger partial charge is 0.479 e. The lowest BCUT2D eigenvalue weighted by atomic mass is 9.89. The van der Waals surface area contributed by atoms with Crippen molar-refractivity contribution in [1.82, 2.24) is 4.90 Å². The number of carbonyl (C=O) groups excluding carboxylic acids is 3. The van der Waals surface area contributed by atoms with E-state index in [1.807, 2.05) is 6.92 Å². The fourth-order valence-corrected chi connectivity index (χ4v) is 2.65. The molecule has 7 nitrogen and oxygen atoms in total. The van der Waals surface area contributed by atoms with Gasteiger partial charge in [-0.3, -0.25) is 19.3 Å². The van der Waals surface area contributed by atoms with Crippen molar-refractivity contribution in [2.24, 2.45) is 0 Å². The summed E-state index contributed by atoms with van der Waals surface area (Å²) in [6.07, 6.45) is 0.268. The molecule has 1 aliphatic heterocycles. The van der Waals surface area contributed by atoms with E-state index in [-0.39, 0.29) is 19.3 Å². The van der Waals surface area contributed by atoms with Crippen LogP contribution in [-0.4, -0.2) is 45.4 Å². The molecule has 21 heavy (non-hydrogen) atoms. The van der Waals surface area contributed by atoms with Gasteiger partial charge in [-0.2, -0.15) is 0 Å². The quantitative estimate of drug-likeness (QED) is 0.706. The van der Waals surface area contributed by atoms with Crippen molar-refractivity contribution < 1.29 is 29.0 Å². The van der Waals surface area contributed by atoms with Gasteiger partial charge in [-0.1, -0.05) is 19.8 Å². The van der Waals surface area contributed by atoms with E-state index in [1.165, 1.54) is 6.92 Å². The summed E-state index contributed by atoms with van der Waals surface area (Å²) < 4.78 is 4.90. The Bertz CT molecular complexity index is 460. The molecule has 0 aliphatic carbocycles. The number of aliphatic carboxylic acids is 1. The Kier molecular flexibility index (Phi) is 5.46. The van der Waals surface area contributed by atoms with Crippen LogP contribution in [0, 0.1) is 0 Å². The Labute approximate surface area is 123 Å². The fraction of sp³-hybridized carbons (Fsp3) is 0.714. The Morgan fingerprint density at radius 2 is 2.00 bits per heavy atom. The van der Waals surface area contributed by atoms with Crippen molar-refractivity contribution in [2.45, 2.75) is 64.6 Å². The van der Waals surface area contributed by atoms with Crippen molar-refractivity contribution in [3.8, 4) is 0 Å². The molecule has 1 heterocycles. The van der Waals surface area contributed by atoms with Gasteiger partial charge in [0.15, 0.2) is 5.78 Å². The lowest BCUT2D eigenvalue weighted by Crippen LogP contribution is -2.59. The molecule has 1 saturated heterocycles. The number of ether oxygens (including phenoxy) is 1. The molecule has 1 aliphatic rings. The predicted octanol–water partition coefficient (Wildman–Crippen LogP) is 1.10. The number of rotatable bonds is 7. The molecule has 0 aromatic heterocycles. The lowest BCUT2D eigenvalue weighted by Gasteiger charge is -2.38. The van der Waals surface area contributed by atoms with Crippen LogP contribution in [0.15, 0.2) is 0 Å². The maximum atomic E-state index is 12.1. The molecule has 0 aromatic carbocycles. The minimum atomic E-state index is -1.47. The number of Topliss-reactive ketones (excluding diaryl/α,β-unsaturated/α-hetero) is 1. The van der Waals surface area contributed by atoms with Crippen molar-refractivity contribution in [2.75, 3.05) is 0 Å². The maximum Gasteiger partial charge on any atom is 0.329 e. The first kappa shape index (κ1) is 17.1. The van der Waals surface area contributed by atoms with Crippen LogP contribution in [0.5, 0.6) is 0 Å². The molecule has 0 bridgehead atoms. The van der Waals surface area contributed by atoms with E-state index in [0.717, 1.165) is 18.2 Å². The van der Waals surface area contributed by atoms with Crippen LogP contribution in [0.1, 0.15) is 52.9 Å². The summed E-state index contributed by atoms with van der Waals surface area (Å²) in [7, 11) is 0. The van der Waals surface area contributed by atoms with Gasteiger partial charge in [0.2, 0.25) is 12.1 Å².